The molecule has 3 aromatic rings. The fourth-order valence-electron chi connectivity index (χ4n) is 7.74. The predicted molar refractivity (Wildman–Crippen MR) is 205 cm³/mol. The van der Waals surface area contributed by atoms with Gasteiger partial charge in [-0.3, -0.25) is 29.4 Å². The highest BCUT2D eigenvalue weighted by molar-refractivity contribution is 6.05. The Morgan fingerprint density at radius 1 is 0.906 bits per heavy atom. The number of fused-ring (bicyclic) bond motifs is 1. The van der Waals surface area contributed by atoms with Crippen LogP contribution in [-0.4, -0.2) is 83.7 Å². The van der Waals surface area contributed by atoms with Crippen LogP contribution >= 0.6 is 0 Å². The number of anilines is 1. The van der Waals surface area contributed by atoms with Gasteiger partial charge in [0.1, 0.15) is 17.6 Å². The molecule has 274 valence electrons. The third-order valence-corrected chi connectivity index (χ3v) is 10.7. The number of benzene rings is 2. The summed E-state index contributed by atoms with van der Waals surface area (Å²) in [5, 5.41) is 2.36. The topological polar surface area (TPSA) is 112 Å². The smallest absolute Gasteiger partial charge is 0.256 e. The average molecular weight is 714 g/mol. The van der Waals surface area contributed by atoms with Crippen LogP contribution in [-0.2, 0) is 20.9 Å². The molecule has 1 N–H and O–H groups in total. The number of hydrogen-bond donors (Lipinski definition) is 1. The highest BCUT2D eigenvalue weighted by Gasteiger charge is 2.39. The van der Waals surface area contributed by atoms with E-state index in [-0.39, 0.29) is 24.0 Å². The number of nitrogens with one attached hydrogen (secondary N) is 1. The monoisotopic (exact) mass is 713 g/mol. The fraction of sp³-hybridized carbons (Fsp3) is 0.372. The summed E-state index contributed by atoms with van der Waals surface area (Å²) in [5.74, 6) is 0.969. The molecule has 4 aliphatic rings. The van der Waals surface area contributed by atoms with Gasteiger partial charge in [-0.1, -0.05) is 61.5 Å². The van der Waals surface area contributed by atoms with Crippen molar-refractivity contribution in [3.8, 4) is 5.75 Å². The lowest BCUT2D eigenvalue weighted by molar-refractivity contribution is -0.137. The number of piperidine rings is 1. The first-order chi connectivity index (χ1) is 25.9. The first-order valence-electron chi connectivity index (χ1n) is 18.9. The number of rotatable bonds is 13. The Morgan fingerprint density at radius 2 is 1.70 bits per heavy atom. The van der Waals surface area contributed by atoms with Crippen molar-refractivity contribution in [2.24, 2.45) is 0 Å². The fourth-order valence-corrected chi connectivity index (χ4v) is 7.74. The number of unbranched alkanes of at least 4 members (excludes halogenated alkanes) is 2. The van der Waals surface area contributed by atoms with Crippen LogP contribution < -0.4 is 15.0 Å². The highest BCUT2D eigenvalue weighted by Crippen LogP contribution is 2.37. The number of hydrogen-bond acceptors (Lipinski definition) is 8. The molecule has 0 bridgehead atoms. The van der Waals surface area contributed by atoms with E-state index in [9.17, 15) is 19.2 Å². The van der Waals surface area contributed by atoms with Gasteiger partial charge in [-0.15, -0.1) is 0 Å². The molecular formula is C43H47N5O5. The molecule has 7 rings (SSSR count). The van der Waals surface area contributed by atoms with Crippen LogP contribution in [0.3, 0.4) is 0 Å². The molecule has 2 aromatic carbocycles. The van der Waals surface area contributed by atoms with Gasteiger partial charge in [-0.05, 0) is 96.3 Å². The SMILES string of the molecule is CC/C(=C(\C1=CCC(=O)C=C1)c1ccc(OCCCCCN2CCN(c3cc4c(cn3)C(=O)N(C3CCC(=O)NC3=O)C4)CC2)cc1)c1ccccc1. The highest BCUT2D eigenvalue weighted by atomic mass is 16.5. The molecule has 2 saturated heterocycles. The van der Waals surface area contributed by atoms with Crippen molar-refractivity contribution in [1.82, 2.24) is 20.1 Å². The predicted octanol–water partition coefficient (Wildman–Crippen LogP) is 5.99. The Kier molecular flexibility index (Phi) is 11.2. The zero-order valence-corrected chi connectivity index (χ0v) is 30.4. The van der Waals surface area contributed by atoms with Gasteiger partial charge in [0.15, 0.2) is 5.78 Å². The maximum absolute atomic E-state index is 13.0. The van der Waals surface area contributed by atoms with Crippen molar-refractivity contribution in [3.63, 3.8) is 0 Å². The van der Waals surface area contributed by atoms with E-state index in [1.807, 2.05) is 36.4 Å². The standard InChI is InChI=1S/C43H47N5O5/c1-2-36(30-9-5-3-6-10-30)41(31-11-15-34(49)16-12-31)32-13-17-35(18-14-32)53-26-8-4-7-21-46-22-24-47(25-23-46)39-27-33-29-48(43(52)37(33)28-44-39)38-19-20-40(50)45-42(38)51/h3,5-6,9-15,17-18,27-28,38H,2,4,7-8,16,19-26,29H2,1H3,(H,45,50,51)/b41-36-. The number of nitrogens with zero attached hydrogens (tertiary/aromatic N) is 4. The summed E-state index contributed by atoms with van der Waals surface area (Å²) < 4.78 is 6.14. The second-order valence-electron chi connectivity index (χ2n) is 14.1. The lowest BCUT2D eigenvalue weighted by Gasteiger charge is -2.35. The number of amides is 3. The summed E-state index contributed by atoms with van der Waals surface area (Å²) in [6.07, 6.45) is 12.4. The quantitative estimate of drug-likeness (QED) is 0.131. The van der Waals surface area contributed by atoms with E-state index in [0.717, 1.165) is 92.2 Å². The summed E-state index contributed by atoms with van der Waals surface area (Å²) in [6.45, 7) is 7.88. The number of carbonyl (C=O) groups excluding carboxylic acids is 4. The summed E-state index contributed by atoms with van der Waals surface area (Å²) in [6, 6.07) is 20.2. The van der Waals surface area contributed by atoms with E-state index in [4.69, 9.17) is 4.74 Å². The molecule has 1 aromatic heterocycles. The van der Waals surface area contributed by atoms with Crippen LogP contribution in [0.5, 0.6) is 5.75 Å². The molecule has 2 fully saturated rings. The molecule has 0 radical (unpaired) electrons. The van der Waals surface area contributed by atoms with E-state index in [0.29, 0.717) is 31.6 Å². The van der Waals surface area contributed by atoms with Gasteiger partial charge in [0.05, 0.1) is 12.2 Å². The Bertz CT molecular complexity index is 1940. The Balaban J connectivity index is 0.850. The van der Waals surface area contributed by atoms with E-state index in [2.05, 4.69) is 63.4 Å². The number of allylic oxidation sites excluding steroid dienone is 6. The molecule has 10 nitrogen and oxygen atoms in total. The van der Waals surface area contributed by atoms with Gasteiger partial charge in [-0.25, -0.2) is 4.98 Å². The zero-order chi connectivity index (χ0) is 36.7. The van der Waals surface area contributed by atoms with Crippen LogP contribution in [0.4, 0.5) is 5.82 Å². The van der Waals surface area contributed by atoms with Crippen molar-refractivity contribution in [3.05, 3.63) is 113 Å². The second kappa shape index (κ2) is 16.5. The number of ether oxygens (including phenoxy) is 1. The van der Waals surface area contributed by atoms with Crippen molar-refractivity contribution in [2.75, 3.05) is 44.2 Å². The molecule has 3 aliphatic heterocycles. The lowest BCUT2D eigenvalue weighted by atomic mass is 9.86. The number of aromatic nitrogens is 1. The van der Waals surface area contributed by atoms with Gasteiger partial charge in [0.2, 0.25) is 11.8 Å². The lowest BCUT2D eigenvalue weighted by Crippen LogP contribution is -2.52. The van der Waals surface area contributed by atoms with E-state index in [1.165, 1.54) is 11.1 Å². The number of piperazine rings is 1. The zero-order valence-electron chi connectivity index (χ0n) is 30.4. The van der Waals surface area contributed by atoms with Gasteiger partial charge < -0.3 is 14.5 Å². The van der Waals surface area contributed by atoms with Crippen LogP contribution in [0.2, 0.25) is 0 Å². The number of imide groups is 1. The molecule has 4 heterocycles. The number of carbonyl (C=O) groups is 4. The van der Waals surface area contributed by atoms with Crippen molar-refractivity contribution in [1.29, 1.82) is 0 Å². The molecule has 1 aliphatic carbocycles. The largest absolute Gasteiger partial charge is 0.494 e. The molecule has 10 heteroatoms. The summed E-state index contributed by atoms with van der Waals surface area (Å²) >= 11 is 0. The van der Waals surface area contributed by atoms with Crippen LogP contribution in [0.25, 0.3) is 11.1 Å². The van der Waals surface area contributed by atoms with Crippen LogP contribution in [0.1, 0.15) is 78.9 Å². The minimum Gasteiger partial charge on any atom is -0.494 e. The average Bonchev–Trinajstić information content (AvgIpc) is 3.51. The van der Waals surface area contributed by atoms with Gasteiger partial charge >= 0.3 is 0 Å². The third kappa shape index (κ3) is 8.33. The summed E-state index contributed by atoms with van der Waals surface area (Å²) in [7, 11) is 0. The minimum atomic E-state index is -0.619. The van der Waals surface area contributed by atoms with Gasteiger partial charge in [0.25, 0.3) is 5.91 Å². The van der Waals surface area contributed by atoms with E-state index < -0.39 is 11.9 Å². The summed E-state index contributed by atoms with van der Waals surface area (Å²) in [4.78, 5) is 59.9. The molecule has 1 atom stereocenters. The van der Waals surface area contributed by atoms with Gasteiger partial charge in [0, 0.05) is 51.8 Å². The van der Waals surface area contributed by atoms with Crippen molar-refractivity contribution in [2.45, 2.75) is 64.5 Å². The Labute approximate surface area is 311 Å². The maximum atomic E-state index is 13.0. The second-order valence-corrected chi connectivity index (χ2v) is 14.1. The first-order valence-corrected chi connectivity index (χ1v) is 18.9. The van der Waals surface area contributed by atoms with Crippen LogP contribution in [0, 0.1) is 0 Å². The molecule has 53 heavy (non-hydrogen) atoms. The van der Waals surface area contributed by atoms with Crippen molar-refractivity contribution < 1.29 is 23.9 Å². The van der Waals surface area contributed by atoms with Gasteiger partial charge in [-0.2, -0.15) is 0 Å². The molecule has 0 saturated carbocycles. The molecule has 1 unspecified atom stereocenters. The maximum Gasteiger partial charge on any atom is 0.256 e. The Hall–Kier alpha value is -5.35. The molecular weight excluding hydrogens is 667 g/mol. The van der Waals surface area contributed by atoms with Crippen molar-refractivity contribution >= 4 is 40.5 Å². The normalized spacial score (nSPS) is 19.6. The molecule has 0 spiro atoms. The number of pyridine rings is 1. The van der Waals surface area contributed by atoms with E-state index in [1.54, 1.807) is 17.2 Å². The van der Waals surface area contributed by atoms with Crippen LogP contribution in [0.15, 0.2) is 90.7 Å². The third-order valence-electron chi connectivity index (χ3n) is 10.7. The molecule has 3 amide bonds. The first kappa shape index (κ1) is 36.0. The summed E-state index contributed by atoms with van der Waals surface area (Å²) in [5.41, 5.74) is 7.22. The number of ketones is 1. The minimum absolute atomic E-state index is 0.129. The van der Waals surface area contributed by atoms with E-state index >= 15 is 0 Å². The Morgan fingerprint density at radius 3 is 2.42 bits per heavy atom.